The van der Waals surface area contributed by atoms with Crippen LogP contribution in [-0.4, -0.2) is 28.3 Å². The van der Waals surface area contributed by atoms with Crippen LogP contribution >= 0.6 is 0 Å². The molecule has 1 saturated heterocycles. The first-order valence-electron chi connectivity index (χ1n) is 7.41. The number of hydrogen-bond acceptors (Lipinski definition) is 5. The van der Waals surface area contributed by atoms with Crippen LogP contribution in [0.25, 0.3) is 0 Å². The number of aromatic nitrogens is 2. The van der Waals surface area contributed by atoms with Crippen molar-refractivity contribution in [2.45, 2.75) is 25.0 Å². The second kappa shape index (κ2) is 7.17. The molecule has 2 atom stereocenters. The number of nitrogens with one attached hydrogen (secondary N) is 4. The fourth-order valence-electron chi connectivity index (χ4n) is 2.51. The molecule has 1 amide bonds. The maximum Gasteiger partial charge on any atom is 0.240 e. The maximum atomic E-state index is 12.3. The van der Waals surface area contributed by atoms with Gasteiger partial charge in [-0.25, -0.2) is 10.9 Å². The first-order valence-corrected chi connectivity index (χ1v) is 7.41. The molecule has 1 aromatic carbocycles. The lowest BCUT2D eigenvalue weighted by Gasteiger charge is -2.17. The summed E-state index contributed by atoms with van der Waals surface area (Å²) >= 11 is 0. The standard InChI is InChI=1S/C15H20N6O/c22-15(16-8-4-10-21-11-5-9-17-21)14-13(18-20-19-14)12-6-2-1-3-7-12/h1-3,5-7,9,11,13-14,18-20H,4,8,10H2,(H,16,22). The molecule has 0 radical (unpaired) electrons. The van der Waals surface area contributed by atoms with Crippen LogP contribution in [0, 0.1) is 0 Å². The lowest BCUT2D eigenvalue weighted by Crippen LogP contribution is -2.45. The molecule has 1 fully saturated rings. The summed E-state index contributed by atoms with van der Waals surface area (Å²) in [6.45, 7) is 1.42. The van der Waals surface area contributed by atoms with E-state index >= 15 is 0 Å². The van der Waals surface area contributed by atoms with Crippen molar-refractivity contribution in [3.8, 4) is 0 Å². The summed E-state index contributed by atoms with van der Waals surface area (Å²) in [6.07, 6.45) is 4.51. The molecule has 22 heavy (non-hydrogen) atoms. The van der Waals surface area contributed by atoms with Crippen molar-refractivity contribution >= 4 is 5.91 Å². The van der Waals surface area contributed by atoms with E-state index in [0.29, 0.717) is 6.54 Å². The van der Waals surface area contributed by atoms with Crippen LogP contribution in [0.1, 0.15) is 18.0 Å². The van der Waals surface area contributed by atoms with E-state index in [1.54, 1.807) is 6.20 Å². The largest absolute Gasteiger partial charge is 0.355 e. The third-order valence-corrected chi connectivity index (χ3v) is 3.65. The van der Waals surface area contributed by atoms with Gasteiger partial charge in [0.2, 0.25) is 5.91 Å². The summed E-state index contributed by atoms with van der Waals surface area (Å²) in [6, 6.07) is 11.4. The molecule has 0 saturated carbocycles. The topological polar surface area (TPSA) is 83.0 Å². The van der Waals surface area contributed by atoms with Gasteiger partial charge in [-0.1, -0.05) is 30.3 Å². The minimum absolute atomic E-state index is 0.0215. The van der Waals surface area contributed by atoms with Crippen molar-refractivity contribution in [2.75, 3.05) is 6.54 Å². The van der Waals surface area contributed by atoms with Crippen molar-refractivity contribution in [1.29, 1.82) is 0 Å². The summed E-state index contributed by atoms with van der Waals surface area (Å²) in [5.74, 6) is -0.0215. The summed E-state index contributed by atoms with van der Waals surface area (Å²) in [5, 5.41) is 7.10. The molecule has 2 heterocycles. The van der Waals surface area contributed by atoms with Gasteiger partial charge < -0.3 is 5.32 Å². The van der Waals surface area contributed by atoms with E-state index < -0.39 is 0 Å². The first kappa shape index (κ1) is 14.7. The van der Waals surface area contributed by atoms with Crippen molar-refractivity contribution in [3.63, 3.8) is 0 Å². The summed E-state index contributed by atoms with van der Waals surface area (Å²) in [7, 11) is 0. The maximum absolute atomic E-state index is 12.3. The number of carbonyl (C=O) groups is 1. The number of hydrazine groups is 2. The smallest absolute Gasteiger partial charge is 0.240 e. The summed E-state index contributed by atoms with van der Waals surface area (Å²) in [5.41, 5.74) is 9.96. The Bertz CT molecular complexity index is 585. The molecule has 2 unspecified atom stereocenters. The highest BCUT2D eigenvalue weighted by Crippen LogP contribution is 2.18. The highest BCUT2D eigenvalue weighted by atomic mass is 16.2. The van der Waals surface area contributed by atoms with Gasteiger partial charge in [-0.3, -0.25) is 9.48 Å². The Labute approximate surface area is 129 Å². The molecule has 4 N–H and O–H groups in total. The Morgan fingerprint density at radius 1 is 1.23 bits per heavy atom. The molecule has 0 bridgehead atoms. The molecule has 7 nitrogen and oxygen atoms in total. The van der Waals surface area contributed by atoms with Gasteiger partial charge in [0.25, 0.3) is 0 Å². The molecule has 0 spiro atoms. The third-order valence-electron chi connectivity index (χ3n) is 3.65. The molecular weight excluding hydrogens is 280 g/mol. The summed E-state index contributed by atoms with van der Waals surface area (Å²) < 4.78 is 1.86. The Morgan fingerprint density at radius 3 is 2.86 bits per heavy atom. The van der Waals surface area contributed by atoms with Gasteiger partial charge in [-0.15, -0.1) is 0 Å². The highest BCUT2D eigenvalue weighted by Gasteiger charge is 2.33. The number of carbonyl (C=O) groups excluding carboxylic acids is 1. The van der Waals surface area contributed by atoms with Crippen LogP contribution in [0.2, 0.25) is 0 Å². The molecule has 7 heteroatoms. The van der Waals surface area contributed by atoms with E-state index in [0.717, 1.165) is 18.5 Å². The first-order chi connectivity index (χ1) is 10.8. The van der Waals surface area contributed by atoms with Crippen molar-refractivity contribution in [3.05, 3.63) is 54.4 Å². The van der Waals surface area contributed by atoms with Crippen LogP contribution < -0.4 is 21.7 Å². The van der Waals surface area contributed by atoms with Crippen LogP contribution in [-0.2, 0) is 11.3 Å². The number of nitrogens with zero attached hydrogens (tertiary/aromatic N) is 2. The van der Waals surface area contributed by atoms with E-state index in [1.165, 1.54) is 0 Å². The molecule has 1 aliphatic rings. The number of aryl methyl sites for hydroxylation is 1. The third kappa shape index (κ3) is 3.51. The average molecular weight is 300 g/mol. The van der Waals surface area contributed by atoms with E-state index in [4.69, 9.17) is 0 Å². The Morgan fingerprint density at radius 2 is 2.09 bits per heavy atom. The van der Waals surface area contributed by atoms with Crippen LogP contribution in [0.15, 0.2) is 48.8 Å². The molecule has 2 aromatic rings. The number of benzene rings is 1. The van der Waals surface area contributed by atoms with Crippen molar-refractivity contribution in [1.82, 2.24) is 31.5 Å². The van der Waals surface area contributed by atoms with Gasteiger partial charge in [0.15, 0.2) is 0 Å². The zero-order chi connectivity index (χ0) is 15.2. The molecule has 1 aliphatic heterocycles. The Hall–Kier alpha value is -2.22. The van der Waals surface area contributed by atoms with Gasteiger partial charge in [-0.2, -0.15) is 10.6 Å². The van der Waals surface area contributed by atoms with Gasteiger partial charge in [-0.05, 0) is 18.1 Å². The predicted molar refractivity (Wildman–Crippen MR) is 82.2 cm³/mol. The van der Waals surface area contributed by atoms with Crippen molar-refractivity contribution in [2.24, 2.45) is 0 Å². The summed E-state index contributed by atoms with van der Waals surface area (Å²) in [4.78, 5) is 12.3. The van der Waals surface area contributed by atoms with E-state index in [9.17, 15) is 4.79 Å². The SMILES string of the molecule is O=C(NCCCn1cccn1)C1NNNC1c1ccccc1. The fourth-order valence-corrected chi connectivity index (χ4v) is 2.51. The number of hydrogen-bond donors (Lipinski definition) is 4. The fraction of sp³-hybridized carbons (Fsp3) is 0.333. The monoisotopic (exact) mass is 300 g/mol. The van der Waals surface area contributed by atoms with E-state index in [1.807, 2.05) is 47.3 Å². The highest BCUT2D eigenvalue weighted by molar-refractivity contribution is 5.83. The van der Waals surface area contributed by atoms with Gasteiger partial charge in [0.1, 0.15) is 6.04 Å². The van der Waals surface area contributed by atoms with Gasteiger partial charge >= 0.3 is 0 Å². The zero-order valence-electron chi connectivity index (χ0n) is 12.2. The quantitative estimate of drug-likeness (QED) is 0.569. The molecule has 0 aliphatic carbocycles. The number of amides is 1. The molecular formula is C15H20N6O. The number of rotatable bonds is 6. The van der Waals surface area contributed by atoms with Gasteiger partial charge in [0.05, 0.1) is 6.04 Å². The molecule has 3 rings (SSSR count). The van der Waals surface area contributed by atoms with E-state index in [2.05, 4.69) is 26.8 Å². The second-order valence-corrected chi connectivity index (χ2v) is 5.19. The van der Waals surface area contributed by atoms with E-state index in [-0.39, 0.29) is 18.0 Å². The Kier molecular flexibility index (Phi) is 4.79. The predicted octanol–water partition coefficient (Wildman–Crippen LogP) is 0.112. The minimum atomic E-state index is -0.341. The Balaban J connectivity index is 1.48. The lowest BCUT2D eigenvalue weighted by atomic mass is 10.0. The minimum Gasteiger partial charge on any atom is -0.355 e. The zero-order valence-corrected chi connectivity index (χ0v) is 12.2. The van der Waals surface area contributed by atoms with Crippen LogP contribution in [0.3, 0.4) is 0 Å². The van der Waals surface area contributed by atoms with Crippen LogP contribution in [0.4, 0.5) is 0 Å². The normalized spacial score (nSPS) is 20.9. The molecule has 116 valence electrons. The molecule has 1 aromatic heterocycles. The lowest BCUT2D eigenvalue weighted by molar-refractivity contribution is -0.123. The average Bonchev–Trinajstić information content (AvgIpc) is 3.23. The van der Waals surface area contributed by atoms with Crippen LogP contribution in [0.5, 0.6) is 0 Å². The van der Waals surface area contributed by atoms with Crippen molar-refractivity contribution < 1.29 is 4.79 Å². The van der Waals surface area contributed by atoms with Gasteiger partial charge in [0, 0.05) is 25.5 Å². The second-order valence-electron chi connectivity index (χ2n) is 5.19.